The molecule has 0 unspecified atom stereocenters. The molecule has 0 N–H and O–H groups in total. The van der Waals surface area contributed by atoms with E-state index >= 15 is 0 Å². The van der Waals surface area contributed by atoms with Gasteiger partial charge in [0.05, 0.1) is 0 Å². The highest BCUT2D eigenvalue weighted by Crippen LogP contribution is 2.00. The molecule has 10 heavy (non-hydrogen) atoms. The number of hydrogen-bond donors (Lipinski definition) is 0. The lowest BCUT2D eigenvalue weighted by atomic mass is 11.8. The first-order valence-electron chi connectivity index (χ1n) is 3.67. The summed E-state index contributed by atoms with van der Waals surface area (Å²) < 4.78 is 11.1. The van der Waals surface area contributed by atoms with Crippen molar-refractivity contribution >= 4 is 27.4 Å². The summed E-state index contributed by atoms with van der Waals surface area (Å²) >= 11 is 0. The van der Waals surface area contributed by atoms with Gasteiger partial charge in [-0.25, -0.2) is 0 Å². The van der Waals surface area contributed by atoms with E-state index in [0.717, 1.165) is 0 Å². The predicted octanol–water partition coefficient (Wildman–Crippen LogP) is 0.837. The Morgan fingerprint density at radius 3 is 2.00 bits per heavy atom. The highest BCUT2D eigenvalue weighted by atomic mass is 28.4. The quantitative estimate of drug-likeness (QED) is 0.618. The molecule has 0 aromatic carbocycles. The van der Waals surface area contributed by atoms with E-state index < -0.39 is 27.4 Å². The van der Waals surface area contributed by atoms with Gasteiger partial charge in [-0.05, 0) is 32.7 Å². The molecule has 0 heterocycles. The highest BCUT2D eigenvalue weighted by molar-refractivity contribution is 6.74. The van der Waals surface area contributed by atoms with Crippen LogP contribution >= 0.6 is 0 Å². The molecule has 0 saturated carbocycles. The van der Waals surface area contributed by atoms with Gasteiger partial charge in [-0.3, -0.25) is 0 Å². The van der Waals surface area contributed by atoms with Crippen LogP contribution in [0, 0.1) is 0 Å². The van der Waals surface area contributed by atoms with Gasteiger partial charge in [0.25, 0.3) is 10.0 Å². The molecule has 0 aliphatic heterocycles. The second-order valence-electron chi connectivity index (χ2n) is 3.59. The second-order valence-corrected chi connectivity index (χ2v) is 12.6. The molecule has 0 atom stereocenters. The molecule has 0 aliphatic carbocycles. The lowest BCUT2D eigenvalue weighted by Gasteiger charge is -2.18. The fraction of sp³-hybridized carbons (Fsp3) is 1.00. The zero-order valence-corrected chi connectivity index (χ0v) is 11.2. The van der Waals surface area contributed by atoms with Crippen molar-refractivity contribution in [1.82, 2.24) is 0 Å². The minimum Gasteiger partial charge on any atom is -0.444 e. The summed E-state index contributed by atoms with van der Waals surface area (Å²) in [6.07, 6.45) is 0. The minimum absolute atomic E-state index is 0.617. The fourth-order valence-electron chi connectivity index (χ4n) is 0.347. The van der Waals surface area contributed by atoms with E-state index in [1.807, 2.05) is 0 Å². The molecular weight excluding hydrogens is 176 g/mol. The van der Waals surface area contributed by atoms with Crippen molar-refractivity contribution in [2.24, 2.45) is 0 Å². The summed E-state index contributed by atoms with van der Waals surface area (Å²) in [5, 5.41) is 0. The normalized spacial score (nSPS) is 13.8. The van der Waals surface area contributed by atoms with Crippen LogP contribution in [0.2, 0.25) is 32.7 Å². The Balaban J connectivity index is 3.21. The summed E-state index contributed by atoms with van der Waals surface area (Å²) in [5.41, 5.74) is 0. The molecule has 5 heteroatoms. The molecule has 0 aromatic rings. The van der Waals surface area contributed by atoms with Crippen LogP contribution in [0.4, 0.5) is 0 Å². The van der Waals surface area contributed by atoms with Gasteiger partial charge in [0.2, 0.25) is 0 Å². The Kier molecular flexibility index (Phi) is 4.70. The molecule has 0 aliphatic rings. The van der Waals surface area contributed by atoms with Crippen molar-refractivity contribution in [3.63, 3.8) is 0 Å². The smallest absolute Gasteiger partial charge is 0.283 e. The molecule has 0 bridgehead atoms. The van der Waals surface area contributed by atoms with Crippen molar-refractivity contribution in [1.29, 1.82) is 0 Å². The van der Waals surface area contributed by atoms with E-state index in [4.69, 9.17) is 8.23 Å². The molecule has 0 spiro atoms. The van der Waals surface area contributed by atoms with Crippen LogP contribution in [0.15, 0.2) is 0 Å². The monoisotopic (exact) mass is 194 g/mol. The van der Waals surface area contributed by atoms with E-state index in [1.54, 1.807) is 0 Å². The number of hydrogen-bond acceptors (Lipinski definition) is 2. The van der Waals surface area contributed by atoms with Crippen LogP contribution < -0.4 is 0 Å². The predicted molar refractivity (Wildman–Crippen MR) is 52.9 cm³/mol. The Bertz CT molecular complexity index is 89.4. The van der Waals surface area contributed by atoms with Crippen LogP contribution in [-0.2, 0) is 8.23 Å². The van der Waals surface area contributed by atoms with Crippen LogP contribution in [-0.4, -0.2) is 27.4 Å². The SMILES string of the molecule is C[SiH](C)O[SiH2]O[Si](C)(C)C. The van der Waals surface area contributed by atoms with Crippen LogP contribution in [0.5, 0.6) is 0 Å². The van der Waals surface area contributed by atoms with Crippen LogP contribution in [0.1, 0.15) is 0 Å². The standard InChI is InChI=1S/C5H18O2Si3/c1-9(2)6-8-7-10(3,4)5/h9H,8H2,1-5H3. The minimum atomic E-state index is -1.27. The molecule has 0 aromatic heterocycles. The maximum Gasteiger partial charge on any atom is 0.283 e. The molecule has 0 radical (unpaired) electrons. The van der Waals surface area contributed by atoms with E-state index in [-0.39, 0.29) is 0 Å². The van der Waals surface area contributed by atoms with Gasteiger partial charge in [0.1, 0.15) is 0 Å². The van der Waals surface area contributed by atoms with E-state index in [0.29, 0.717) is 0 Å². The first-order chi connectivity index (χ1) is 4.42. The lowest BCUT2D eigenvalue weighted by molar-refractivity contribution is 0.467. The topological polar surface area (TPSA) is 18.5 Å². The van der Waals surface area contributed by atoms with Gasteiger partial charge in [0.15, 0.2) is 17.4 Å². The summed E-state index contributed by atoms with van der Waals surface area (Å²) in [5.74, 6) is 0. The number of rotatable bonds is 4. The largest absolute Gasteiger partial charge is 0.444 e. The highest BCUT2D eigenvalue weighted by Gasteiger charge is 2.13. The molecular formula is C5H18O2Si3. The third kappa shape index (κ3) is 8.57. The first-order valence-corrected chi connectivity index (χ1v) is 11.0. The Hall–Kier alpha value is 0.571. The van der Waals surface area contributed by atoms with Gasteiger partial charge < -0.3 is 8.23 Å². The third-order valence-electron chi connectivity index (χ3n) is 0.893. The zero-order valence-electron chi connectivity index (χ0n) is 7.60. The first kappa shape index (κ1) is 10.6. The third-order valence-corrected chi connectivity index (χ3v) is 8.04. The van der Waals surface area contributed by atoms with Gasteiger partial charge in [-0.15, -0.1) is 0 Å². The van der Waals surface area contributed by atoms with Crippen molar-refractivity contribution in [2.45, 2.75) is 32.7 Å². The molecule has 0 fully saturated rings. The van der Waals surface area contributed by atoms with E-state index in [2.05, 4.69) is 32.7 Å². The Labute approximate surface area is 68.9 Å². The van der Waals surface area contributed by atoms with Crippen molar-refractivity contribution in [3.05, 3.63) is 0 Å². The van der Waals surface area contributed by atoms with E-state index in [1.165, 1.54) is 0 Å². The summed E-state index contributed by atoms with van der Waals surface area (Å²) in [7, 11) is -2.68. The van der Waals surface area contributed by atoms with Crippen molar-refractivity contribution < 1.29 is 8.23 Å². The molecule has 2 nitrogen and oxygen atoms in total. The van der Waals surface area contributed by atoms with Crippen molar-refractivity contribution in [3.8, 4) is 0 Å². The van der Waals surface area contributed by atoms with Crippen LogP contribution in [0.3, 0.4) is 0 Å². The Morgan fingerprint density at radius 2 is 1.70 bits per heavy atom. The summed E-state index contributed by atoms with van der Waals surface area (Å²) in [6, 6.07) is 0. The fourth-order valence-corrected chi connectivity index (χ4v) is 3.73. The molecule has 0 amide bonds. The second kappa shape index (κ2) is 4.45. The summed E-state index contributed by atoms with van der Waals surface area (Å²) in [6.45, 7) is 11.0. The molecule has 0 saturated heterocycles. The van der Waals surface area contributed by atoms with Gasteiger partial charge in [-0.2, -0.15) is 0 Å². The van der Waals surface area contributed by atoms with E-state index in [9.17, 15) is 0 Å². The Morgan fingerprint density at radius 1 is 1.20 bits per heavy atom. The average Bonchev–Trinajstić information content (AvgIpc) is 1.59. The van der Waals surface area contributed by atoms with Gasteiger partial charge in [-0.1, -0.05) is 0 Å². The molecule has 62 valence electrons. The van der Waals surface area contributed by atoms with Gasteiger partial charge >= 0.3 is 0 Å². The summed E-state index contributed by atoms with van der Waals surface area (Å²) in [4.78, 5) is 0. The van der Waals surface area contributed by atoms with Gasteiger partial charge in [0, 0.05) is 0 Å². The van der Waals surface area contributed by atoms with Crippen molar-refractivity contribution in [2.75, 3.05) is 0 Å². The maximum atomic E-state index is 5.63. The maximum absolute atomic E-state index is 5.63. The molecule has 0 rings (SSSR count). The lowest BCUT2D eigenvalue weighted by Crippen LogP contribution is -2.30. The zero-order chi connectivity index (χ0) is 8.20. The average molecular weight is 194 g/mol. The van der Waals surface area contributed by atoms with Crippen LogP contribution in [0.25, 0.3) is 0 Å².